The highest BCUT2D eigenvalue weighted by Gasteiger charge is 2.19. The summed E-state index contributed by atoms with van der Waals surface area (Å²) in [7, 11) is 3.03. The van der Waals surface area contributed by atoms with Gasteiger partial charge in [0.25, 0.3) is 0 Å². The van der Waals surface area contributed by atoms with E-state index in [1.165, 1.54) is 13.2 Å². The maximum absolute atomic E-state index is 14.1. The Hall–Kier alpha value is -4.65. The molecular formula is C28H20FN3O3. The molecule has 6 rings (SSSR count). The number of hydrogen-bond acceptors (Lipinski definition) is 5. The Bertz CT molecular complexity index is 1760. The van der Waals surface area contributed by atoms with Crippen LogP contribution >= 0.6 is 0 Å². The number of nitrogens with one attached hydrogen (secondary N) is 1. The molecule has 0 amide bonds. The summed E-state index contributed by atoms with van der Waals surface area (Å²) in [6.07, 6.45) is 1.82. The van der Waals surface area contributed by atoms with Crippen molar-refractivity contribution in [3.8, 4) is 39.8 Å². The van der Waals surface area contributed by atoms with Crippen LogP contribution in [0.15, 0.2) is 71.7 Å². The van der Waals surface area contributed by atoms with Gasteiger partial charge in [0.2, 0.25) is 0 Å². The van der Waals surface area contributed by atoms with Gasteiger partial charge in [-0.2, -0.15) is 0 Å². The third-order valence-corrected chi connectivity index (χ3v) is 6.18. The SMILES string of the molecule is COc1ccc2[nH]c(O)c(/C=c3/cc4c(c(-c5ccc(F)c(OC)c5)n3)=Nc3ccccc3-4)c2c1. The highest BCUT2D eigenvalue weighted by atomic mass is 19.1. The van der Waals surface area contributed by atoms with Crippen LogP contribution in [0.4, 0.5) is 10.1 Å². The van der Waals surface area contributed by atoms with Gasteiger partial charge in [-0.1, -0.05) is 18.2 Å². The average Bonchev–Trinajstić information content (AvgIpc) is 3.40. The van der Waals surface area contributed by atoms with Crippen LogP contribution in [-0.2, 0) is 0 Å². The van der Waals surface area contributed by atoms with Crippen LogP contribution < -0.4 is 20.2 Å². The van der Waals surface area contributed by atoms with Crippen LogP contribution in [0.25, 0.3) is 39.4 Å². The highest BCUT2D eigenvalue weighted by molar-refractivity contribution is 5.93. The number of aromatic nitrogens is 2. The quantitative estimate of drug-likeness (QED) is 0.390. The van der Waals surface area contributed by atoms with Crippen molar-refractivity contribution in [3.05, 3.63) is 88.8 Å². The van der Waals surface area contributed by atoms with E-state index in [1.807, 2.05) is 54.6 Å². The van der Waals surface area contributed by atoms with E-state index < -0.39 is 5.82 Å². The molecule has 0 saturated carbocycles. The number of H-pyrrole nitrogens is 1. The van der Waals surface area contributed by atoms with Crippen molar-refractivity contribution >= 4 is 22.7 Å². The number of ether oxygens (including phenoxy) is 2. The number of rotatable bonds is 4. The molecule has 0 radical (unpaired) electrons. The van der Waals surface area contributed by atoms with Gasteiger partial charge >= 0.3 is 0 Å². The molecule has 0 saturated heterocycles. The van der Waals surface area contributed by atoms with E-state index in [9.17, 15) is 9.50 Å². The number of benzene rings is 3. The number of fused-ring (bicyclic) bond motifs is 4. The number of pyridine rings is 1. The smallest absolute Gasteiger partial charge is 0.196 e. The van der Waals surface area contributed by atoms with Gasteiger partial charge in [-0.3, -0.25) is 0 Å². The van der Waals surface area contributed by atoms with Gasteiger partial charge < -0.3 is 19.6 Å². The number of nitrogens with zero attached hydrogens (tertiary/aromatic N) is 2. The molecule has 1 aliphatic rings. The molecule has 0 bridgehead atoms. The first-order chi connectivity index (χ1) is 17.1. The lowest BCUT2D eigenvalue weighted by molar-refractivity contribution is 0.387. The number of halogens is 1. The second kappa shape index (κ2) is 7.99. The van der Waals surface area contributed by atoms with Crippen LogP contribution in [0, 0.1) is 5.82 Å². The Morgan fingerprint density at radius 3 is 2.63 bits per heavy atom. The molecule has 35 heavy (non-hydrogen) atoms. The van der Waals surface area contributed by atoms with Crippen LogP contribution in [-0.4, -0.2) is 29.3 Å². The summed E-state index contributed by atoms with van der Waals surface area (Å²) >= 11 is 0. The van der Waals surface area contributed by atoms with Crippen LogP contribution in [0.5, 0.6) is 17.4 Å². The number of hydrogen-bond donors (Lipinski definition) is 2. The summed E-state index contributed by atoms with van der Waals surface area (Å²) in [6.45, 7) is 0. The van der Waals surface area contributed by atoms with Crippen LogP contribution in [0.1, 0.15) is 5.56 Å². The van der Waals surface area contributed by atoms with Gasteiger partial charge in [-0.25, -0.2) is 14.4 Å². The van der Waals surface area contributed by atoms with Gasteiger partial charge in [0, 0.05) is 33.2 Å². The van der Waals surface area contributed by atoms with Gasteiger partial charge in [-0.15, -0.1) is 0 Å². The lowest BCUT2D eigenvalue weighted by Gasteiger charge is -2.07. The van der Waals surface area contributed by atoms with Crippen molar-refractivity contribution in [2.24, 2.45) is 4.99 Å². The van der Waals surface area contributed by atoms with Crippen molar-refractivity contribution in [2.75, 3.05) is 14.2 Å². The number of aromatic amines is 1. The maximum atomic E-state index is 14.1. The molecule has 1 aliphatic heterocycles. The first-order valence-corrected chi connectivity index (χ1v) is 11.0. The zero-order valence-corrected chi connectivity index (χ0v) is 19.0. The molecule has 3 heterocycles. The van der Waals surface area contributed by atoms with Crippen molar-refractivity contribution in [2.45, 2.75) is 0 Å². The second-order valence-corrected chi connectivity index (χ2v) is 8.21. The standard InChI is InChI=1S/C28H20FN3O3/c1-34-17-8-10-24-19(14-17)21(28(33)32-24)13-16-12-20-18-5-3-4-6-23(18)31-27(20)26(30-16)15-7-9-22(29)25(11-15)35-2/h3-14,32-33H,1-2H3/b16-13-. The van der Waals surface area contributed by atoms with Crippen molar-refractivity contribution in [3.63, 3.8) is 0 Å². The van der Waals surface area contributed by atoms with Gasteiger partial charge in [0.05, 0.1) is 36.3 Å². The molecule has 2 aromatic heterocycles. The molecule has 7 heteroatoms. The van der Waals surface area contributed by atoms with Crippen molar-refractivity contribution < 1.29 is 19.0 Å². The number of aromatic hydroxyl groups is 1. The summed E-state index contributed by atoms with van der Waals surface area (Å²) in [5.74, 6) is 0.392. The predicted octanol–water partition coefficient (Wildman–Crippen LogP) is 4.85. The summed E-state index contributed by atoms with van der Waals surface area (Å²) in [6, 6.07) is 20.0. The Balaban J connectivity index is 1.64. The Morgan fingerprint density at radius 1 is 0.943 bits per heavy atom. The molecule has 2 N–H and O–H groups in total. The lowest BCUT2D eigenvalue weighted by Crippen LogP contribution is -2.19. The maximum Gasteiger partial charge on any atom is 0.196 e. The molecule has 6 nitrogen and oxygen atoms in total. The molecule has 5 aromatic rings. The van der Waals surface area contributed by atoms with E-state index in [0.717, 1.165) is 27.7 Å². The molecule has 172 valence electrons. The third-order valence-electron chi connectivity index (χ3n) is 6.18. The van der Waals surface area contributed by atoms with Crippen molar-refractivity contribution in [1.29, 1.82) is 0 Å². The zero-order valence-electron chi connectivity index (χ0n) is 19.0. The first-order valence-electron chi connectivity index (χ1n) is 11.0. The Morgan fingerprint density at radius 2 is 1.80 bits per heavy atom. The fourth-order valence-corrected chi connectivity index (χ4v) is 4.48. The van der Waals surface area contributed by atoms with E-state index in [0.29, 0.717) is 33.3 Å². The largest absolute Gasteiger partial charge is 0.497 e. The number of para-hydroxylation sites is 1. The molecule has 0 spiro atoms. The number of methoxy groups -OCH3 is 2. The normalized spacial score (nSPS) is 12.4. The average molecular weight is 465 g/mol. The lowest BCUT2D eigenvalue weighted by atomic mass is 10.0. The highest BCUT2D eigenvalue weighted by Crippen LogP contribution is 2.34. The zero-order chi connectivity index (χ0) is 24.1. The molecule has 0 atom stereocenters. The fraction of sp³-hybridized carbons (Fsp3) is 0.0714. The van der Waals surface area contributed by atoms with Crippen LogP contribution in [0.2, 0.25) is 0 Å². The Labute approximate surface area is 199 Å². The summed E-state index contributed by atoms with van der Waals surface area (Å²) in [5, 5.41) is 12.8. The molecule has 0 unspecified atom stereocenters. The minimum Gasteiger partial charge on any atom is -0.497 e. The minimum absolute atomic E-state index is 0.0330. The second-order valence-electron chi connectivity index (χ2n) is 8.21. The molecular weight excluding hydrogens is 445 g/mol. The van der Waals surface area contributed by atoms with E-state index in [-0.39, 0.29) is 11.6 Å². The monoisotopic (exact) mass is 465 g/mol. The summed E-state index contributed by atoms with van der Waals surface area (Å²) in [5.41, 5.74) is 5.39. The fourth-order valence-electron chi connectivity index (χ4n) is 4.48. The first kappa shape index (κ1) is 20.9. The molecule has 3 aromatic carbocycles. The van der Waals surface area contributed by atoms with Gasteiger partial charge in [0.1, 0.15) is 5.75 Å². The van der Waals surface area contributed by atoms with E-state index in [4.69, 9.17) is 19.5 Å². The van der Waals surface area contributed by atoms with Gasteiger partial charge in [0.15, 0.2) is 17.4 Å². The van der Waals surface area contributed by atoms with Gasteiger partial charge in [-0.05, 0) is 54.6 Å². The predicted molar refractivity (Wildman–Crippen MR) is 132 cm³/mol. The molecule has 0 fully saturated rings. The third kappa shape index (κ3) is 3.40. The summed E-state index contributed by atoms with van der Waals surface area (Å²) < 4.78 is 24.7. The van der Waals surface area contributed by atoms with E-state index in [2.05, 4.69) is 4.98 Å². The Kier molecular flexibility index (Phi) is 4.77. The topological polar surface area (TPSA) is 79.7 Å². The van der Waals surface area contributed by atoms with E-state index >= 15 is 0 Å². The van der Waals surface area contributed by atoms with E-state index in [1.54, 1.807) is 19.2 Å². The summed E-state index contributed by atoms with van der Waals surface area (Å²) in [4.78, 5) is 12.7. The van der Waals surface area contributed by atoms with Crippen molar-refractivity contribution in [1.82, 2.24) is 9.97 Å². The van der Waals surface area contributed by atoms with Crippen LogP contribution in [0.3, 0.4) is 0 Å². The minimum atomic E-state index is -0.450. The molecule has 0 aliphatic carbocycles.